The van der Waals surface area contributed by atoms with Gasteiger partial charge in [-0.25, -0.2) is 4.98 Å². The Morgan fingerprint density at radius 2 is 2.05 bits per heavy atom. The lowest BCUT2D eigenvalue weighted by atomic mass is 10.1. The van der Waals surface area contributed by atoms with Crippen LogP contribution in [0.1, 0.15) is 45.5 Å². The second kappa shape index (κ2) is 5.42. The van der Waals surface area contributed by atoms with Crippen molar-refractivity contribution in [3.63, 3.8) is 0 Å². The number of nitrogens with two attached hydrogens (primary N) is 1. The first kappa shape index (κ1) is 14.5. The SMILES string of the molecule is NCc1sc(Cc2cccc(C(F)(F)F)c2)nc1C1CC1. The number of nitrogens with zero attached hydrogens (tertiary/aromatic N) is 1. The van der Waals surface area contributed by atoms with E-state index in [4.69, 9.17) is 5.73 Å². The van der Waals surface area contributed by atoms with Crippen molar-refractivity contribution >= 4 is 11.3 Å². The lowest BCUT2D eigenvalue weighted by Gasteiger charge is -2.07. The van der Waals surface area contributed by atoms with Crippen molar-refractivity contribution in [3.8, 4) is 0 Å². The van der Waals surface area contributed by atoms with Crippen LogP contribution in [-0.4, -0.2) is 4.98 Å². The summed E-state index contributed by atoms with van der Waals surface area (Å²) >= 11 is 1.52. The smallest absolute Gasteiger partial charge is 0.326 e. The second-order valence-corrected chi connectivity index (χ2v) is 6.44. The molecule has 0 saturated heterocycles. The van der Waals surface area contributed by atoms with Gasteiger partial charge in [0.05, 0.1) is 16.3 Å². The third-order valence-electron chi connectivity index (χ3n) is 3.53. The van der Waals surface area contributed by atoms with E-state index in [1.807, 2.05) is 0 Å². The van der Waals surface area contributed by atoms with Crippen LogP contribution < -0.4 is 5.73 Å². The molecular weight excluding hydrogens is 297 g/mol. The summed E-state index contributed by atoms with van der Waals surface area (Å²) in [6, 6.07) is 5.43. The molecule has 1 aromatic heterocycles. The van der Waals surface area contributed by atoms with Gasteiger partial charge in [-0.15, -0.1) is 11.3 Å². The first-order valence-corrected chi connectivity index (χ1v) is 7.63. The fourth-order valence-corrected chi connectivity index (χ4v) is 3.41. The number of halogens is 3. The average molecular weight is 312 g/mol. The normalized spacial score (nSPS) is 15.4. The van der Waals surface area contributed by atoms with Crippen LogP contribution in [0.3, 0.4) is 0 Å². The van der Waals surface area contributed by atoms with Crippen molar-refractivity contribution in [2.45, 2.75) is 37.9 Å². The minimum absolute atomic E-state index is 0.425. The molecule has 0 aliphatic heterocycles. The molecule has 112 valence electrons. The Labute approximate surface area is 124 Å². The highest BCUT2D eigenvalue weighted by molar-refractivity contribution is 7.11. The predicted molar refractivity (Wildman–Crippen MR) is 76.2 cm³/mol. The Morgan fingerprint density at radius 1 is 1.29 bits per heavy atom. The van der Waals surface area contributed by atoms with Crippen LogP contribution in [0.15, 0.2) is 24.3 Å². The van der Waals surface area contributed by atoms with Gasteiger partial charge in [-0.05, 0) is 24.5 Å². The standard InChI is InChI=1S/C15H15F3N2S/c16-15(17,18)11-3-1-2-9(6-11)7-13-20-14(10-4-5-10)12(8-19)21-13/h1-3,6,10H,4-5,7-8,19H2. The van der Waals surface area contributed by atoms with Crippen LogP contribution in [0.25, 0.3) is 0 Å². The van der Waals surface area contributed by atoms with Gasteiger partial charge in [-0.3, -0.25) is 0 Å². The number of alkyl halides is 3. The van der Waals surface area contributed by atoms with Crippen LogP contribution in [-0.2, 0) is 19.1 Å². The zero-order valence-corrected chi connectivity index (χ0v) is 12.1. The van der Waals surface area contributed by atoms with E-state index in [0.717, 1.165) is 34.5 Å². The third-order valence-corrected chi connectivity index (χ3v) is 4.62. The summed E-state index contributed by atoms with van der Waals surface area (Å²) in [4.78, 5) is 5.66. The van der Waals surface area contributed by atoms with Crippen molar-refractivity contribution in [1.29, 1.82) is 0 Å². The van der Waals surface area contributed by atoms with Crippen molar-refractivity contribution in [2.75, 3.05) is 0 Å². The molecule has 2 nitrogen and oxygen atoms in total. The molecule has 0 amide bonds. The molecule has 0 radical (unpaired) electrons. The molecular formula is C15H15F3N2S. The second-order valence-electron chi connectivity index (χ2n) is 5.27. The minimum atomic E-state index is -4.31. The minimum Gasteiger partial charge on any atom is -0.326 e. The number of hydrogen-bond donors (Lipinski definition) is 1. The third kappa shape index (κ3) is 3.27. The van der Waals surface area contributed by atoms with Crippen molar-refractivity contribution < 1.29 is 13.2 Å². The molecule has 0 spiro atoms. The van der Waals surface area contributed by atoms with Crippen LogP contribution in [0, 0.1) is 0 Å². The summed E-state index contributed by atoms with van der Waals surface area (Å²) in [5.41, 5.74) is 6.80. The van der Waals surface area contributed by atoms with Gasteiger partial charge in [0.25, 0.3) is 0 Å². The van der Waals surface area contributed by atoms with Gasteiger partial charge in [0.15, 0.2) is 0 Å². The van der Waals surface area contributed by atoms with E-state index in [0.29, 0.717) is 24.4 Å². The molecule has 1 saturated carbocycles. The Morgan fingerprint density at radius 3 is 2.67 bits per heavy atom. The van der Waals surface area contributed by atoms with Crippen molar-refractivity contribution in [2.24, 2.45) is 5.73 Å². The molecule has 1 heterocycles. The Hall–Kier alpha value is -1.40. The highest BCUT2D eigenvalue weighted by Crippen LogP contribution is 2.42. The van der Waals surface area contributed by atoms with E-state index in [1.165, 1.54) is 23.5 Å². The first-order chi connectivity index (χ1) is 9.97. The first-order valence-electron chi connectivity index (χ1n) is 6.82. The zero-order chi connectivity index (χ0) is 15.0. The Kier molecular flexibility index (Phi) is 3.75. The van der Waals surface area contributed by atoms with E-state index in [1.54, 1.807) is 6.07 Å². The maximum atomic E-state index is 12.7. The molecule has 0 atom stereocenters. The summed E-state index contributed by atoms with van der Waals surface area (Å²) in [5.74, 6) is 0.509. The number of aromatic nitrogens is 1. The topological polar surface area (TPSA) is 38.9 Å². The van der Waals surface area contributed by atoms with Gasteiger partial charge in [0.2, 0.25) is 0 Å². The van der Waals surface area contributed by atoms with Gasteiger partial charge in [-0.2, -0.15) is 13.2 Å². The van der Waals surface area contributed by atoms with Crippen LogP contribution in [0.4, 0.5) is 13.2 Å². The number of thiazole rings is 1. The molecule has 6 heteroatoms. The van der Waals surface area contributed by atoms with E-state index in [2.05, 4.69) is 4.98 Å². The van der Waals surface area contributed by atoms with Gasteiger partial charge < -0.3 is 5.73 Å². The number of hydrogen-bond acceptors (Lipinski definition) is 3. The van der Waals surface area contributed by atoms with Gasteiger partial charge in [0, 0.05) is 23.8 Å². The largest absolute Gasteiger partial charge is 0.416 e. The van der Waals surface area contributed by atoms with Gasteiger partial charge >= 0.3 is 6.18 Å². The van der Waals surface area contributed by atoms with E-state index >= 15 is 0 Å². The molecule has 1 aromatic carbocycles. The molecule has 21 heavy (non-hydrogen) atoms. The summed E-state index contributed by atoms with van der Waals surface area (Å²) in [6.45, 7) is 0.450. The van der Waals surface area contributed by atoms with Gasteiger partial charge in [0.1, 0.15) is 0 Å². The zero-order valence-electron chi connectivity index (χ0n) is 11.3. The number of benzene rings is 1. The van der Waals surface area contributed by atoms with Crippen LogP contribution in [0.5, 0.6) is 0 Å². The molecule has 0 unspecified atom stereocenters. The van der Waals surface area contributed by atoms with Crippen LogP contribution in [0.2, 0.25) is 0 Å². The van der Waals surface area contributed by atoms with E-state index in [9.17, 15) is 13.2 Å². The average Bonchev–Trinajstić information content (AvgIpc) is 3.20. The van der Waals surface area contributed by atoms with Crippen molar-refractivity contribution in [3.05, 3.63) is 51.0 Å². The molecule has 3 rings (SSSR count). The summed E-state index contributed by atoms with van der Waals surface area (Å²) in [6.07, 6.45) is -1.60. The molecule has 2 aromatic rings. The van der Waals surface area contributed by atoms with Gasteiger partial charge in [-0.1, -0.05) is 18.2 Å². The highest BCUT2D eigenvalue weighted by atomic mass is 32.1. The molecule has 1 fully saturated rings. The predicted octanol–water partition coefficient (Wildman–Crippen LogP) is 4.09. The van der Waals surface area contributed by atoms with E-state index < -0.39 is 11.7 Å². The van der Waals surface area contributed by atoms with Crippen LogP contribution >= 0.6 is 11.3 Å². The molecule has 0 bridgehead atoms. The highest BCUT2D eigenvalue weighted by Gasteiger charge is 2.31. The fraction of sp³-hybridized carbons (Fsp3) is 0.400. The summed E-state index contributed by atoms with van der Waals surface area (Å²) in [7, 11) is 0. The lowest BCUT2D eigenvalue weighted by molar-refractivity contribution is -0.137. The summed E-state index contributed by atoms with van der Waals surface area (Å²) < 4.78 is 38.1. The molecule has 2 N–H and O–H groups in total. The fourth-order valence-electron chi connectivity index (χ4n) is 2.34. The Balaban J connectivity index is 1.83. The quantitative estimate of drug-likeness (QED) is 0.923. The van der Waals surface area contributed by atoms with E-state index in [-0.39, 0.29) is 0 Å². The maximum Gasteiger partial charge on any atom is 0.416 e. The lowest BCUT2D eigenvalue weighted by Crippen LogP contribution is -2.05. The molecule has 1 aliphatic rings. The monoisotopic (exact) mass is 312 g/mol. The Bertz CT molecular complexity index is 645. The number of rotatable bonds is 4. The van der Waals surface area contributed by atoms with Crippen molar-refractivity contribution in [1.82, 2.24) is 4.98 Å². The molecule has 1 aliphatic carbocycles. The maximum absolute atomic E-state index is 12.7. The summed E-state index contributed by atoms with van der Waals surface area (Å²) in [5, 5.41) is 0.844.